The number of aromatic nitrogens is 2. The summed E-state index contributed by atoms with van der Waals surface area (Å²) in [4.78, 5) is 71.9. The van der Waals surface area contributed by atoms with E-state index in [9.17, 15) is 29.5 Å². The average Bonchev–Trinajstić information content (AvgIpc) is 4.02. The molecule has 17 heteroatoms. The molecule has 1 aliphatic carbocycles. The quantitative estimate of drug-likeness (QED) is 0.0766. The molecule has 1 saturated carbocycles. The fourth-order valence-corrected chi connectivity index (χ4v) is 13.1. The third kappa shape index (κ3) is 11.8. The van der Waals surface area contributed by atoms with Crippen LogP contribution in [-0.4, -0.2) is 129 Å². The van der Waals surface area contributed by atoms with Crippen molar-refractivity contribution in [2.45, 2.75) is 149 Å². The zero-order chi connectivity index (χ0) is 52.6. The zero-order valence-electron chi connectivity index (χ0n) is 43.7. The highest BCUT2D eigenvalue weighted by atomic mass is 35.5. The molecule has 4 fully saturated rings. The number of thiazole rings is 1. The van der Waals surface area contributed by atoms with Crippen LogP contribution in [0.5, 0.6) is 5.75 Å². The number of aliphatic hydroxyl groups is 1. The monoisotopic (exact) mass is 1030 g/mol. The van der Waals surface area contributed by atoms with E-state index in [1.807, 2.05) is 76.5 Å². The maximum absolute atomic E-state index is 14.4. The van der Waals surface area contributed by atoms with Crippen LogP contribution < -0.4 is 20.7 Å². The average molecular weight is 1030 g/mol. The highest BCUT2D eigenvalue weighted by Crippen LogP contribution is 2.55. The molecule has 0 radical (unpaired) electrons. The number of nitrogens with zero attached hydrogens (tertiary/aromatic N) is 6. The van der Waals surface area contributed by atoms with E-state index < -0.39 is 23.6 Å². The van der Waals surface area contributed by atoms with E-state index in [-0.39, 0.29) is 84.2 Å². The van der Waals surface area contributed by atoms with Gasteiger partial charge in [0.2, 0.25) is 17.7 Å². The Morgan fingerprint density at radius 3 is 2.26 bits per heavy atom. The predicted molar refractivity (Wildman–Crippen MR) is 283 cm³/mol. The minimum atomic E-state index is -0.896. The minimum Gasteiger partial charge on any atom is -0.489 e. The summed E-state index contributed by atoms with van der Waals surface area (Å²) in [6, 6.07) is 17.1. The number of hydrogen-bond donors (Lipinski definition) is 4. The van der Waals surface area contributed by atoms with E-state index in [2.05, 4.69) is 69.5 Å². The number of fused-ring (bicyclic) bond motifs is 2. The maximum Gasteiger partial charge on any atom is 0.253 e. The summed E-state index contributed by atoms with van der Waals surface area (Å²) < 4.78 is 6.38. The number of unbranched alkanes of at least 4 members (excludes halogenated alkanes) is 1. The van der Waals surface area contributed by atoms with Gasteiger partial charge < -0.3 is 35.6 Å². The van der Waals surface area contributed by atoms with Gasteiger partial charge in [-0.05, 0) is 93.3 Å². The summed E-state index contributed by atoms with van der Waals surface area (Å²) in [5, 5.41) is 29.8. The van der Waals surface area contributed by atoms with Crippen molar-refractivity contribution in [1.29, 1.82) is 5.26 Å². The molecule has 2 bridgehead atoms. The van der Waals surface area contributed by atoms with Crippen LogP contribution in [0, 0.1) is 34.5 Å². The molecule has 5 heterocycles. The Kier molecular flexibility index (Phi) is 16.1. The molecule has 4 aromatic rings. The number of rotatable bonds is 17. The van der Waals surface area contributed by atoms with Gasteiger partial charge in [0.15, 0.2) is 0 Å². The molecule has 8 rings (SSSR count). The number of nitriles is 1. The molecular formula is C56H72ClN9O6S. The summed E-state index contributed by atoms with van der Waals surface area (Å²) in [7, 11) is 0. The van der Waals surface area contributed by atoms with Crippen LogP contribution in [0.15, 0.2) is 66.3 Å². The maximum atomic E-state index is 14.4. The molecule has 4 amide bonds. The molecule has 390 valence electrons. The van der Waals surface area contributed by atoms with Crippen molar-refractivity contribution >= 4 is 46.6 Å². The van der Waals surface area contributed by atoms with Crippen LogP contribution in [0.1, 0.15) is 126 Å². The number of hydrogen-bond acceptors (Lipinski definition) is 12. The summed E-state index contributed by atoms with van der Waals surface area (Å²) in [6.45, 7) is 20.8. The summed E-state index contributed by atoms with van der Waals surface area (Å²) >= 11 is 7.85. The Hall–Kier alpha value is -5.44. The van der Waals surface area contributed by atoms with Gasteiger partial charge in [-0.1, -0.05) is 84.3 Å². The van der Waals surface area contributed by atoms with Crippen LogP contribution in [0.25, 0.3) is 10.4 Å². The van der Waals surface area contributed by atoms with Crippen molar-refractivity contribution in [3.8, 4) is 22.3 Å². The van der Waals surface area contributed by atoms with Crippen molar-refractivity contribution in [3.05, 3.63) is 99.4 Å². The summed E-state index contributed by atoms with van der Waals surface area (Å²) in [5.41, 5.74) is 5.20. The van der Waals surface area contributed by atoms with Crippen molar-refractivity contribution < 1.29 is 29.0 Å². The lowest BCUT2D eigenvalue weighted by molar-refractivity contribution is -0.164. The smallest absolute Gasteiger partial charge is 0.253 e. The van der Waals surface area contributed by atoms with Gasteiger partial charge in [0, 0.05) is 73.0 Å². The van der Waals surface area contributed by atoms with E-state index in [0.29, 0.717) is 21.9 Å². The van der Waals surface area contributed by atoms with Crippen LogP contribution in [0.2, 0.25) is 5.02 Å². The lowest BCUT2D eigenvalue weighted by Crippen LogP contribution is -2.74. The zero-order valence-corrected chi connectivity index (χ0v) is 45.3. The van der Waals surface area contributed by atoms with Gasteiger partial charge in [0.25, 0.3) is 5.91 Å². The number of pyridine rings is 1. The molecule has 73 heavy (non-hydrogen) atoms. The Morgan fingerprint density at radius 1 is 0.959 bits per heavy atom. The number of benzene rings is 2. The largest absolute Gasteiger partial charge is 0.489 e. The van der Waals surface area contributed by atoms with E-state index in [1.165, 1.54) is 4.90 Å². The van der Waals surface area contributed by atoms with Crippen LogP contribution in [-0.2, 0) is 20.8 Å². The predicted octanol–water partition coefficient (Wildman–Crippen LogP) is 7.49. The Balaban J connectivity index is 0.773. The third-order valence-electron chi connectivity index (χ3n) is 15.8. The highest BCUT2D eigenvalue weighted by Gasteiger charge is 2.64. The Bertz CT molecular complexity index is 2670. The van der Waals surface area contributed by atoms with Gasteiger partial charge in [-0.25, -0.2) is 4.98 Å². The number of β-amino-alcohol motifs (C(OH)–C–C–N with tert-alkyl or cyclic N) is 1. The first-order chi connectivity index (χ1) is 34.5. The molecule has 2 aromatic heterocycles. The first kappa shape index (κ1) is 53.8. The number of likely N-dealkylation sites (tertiary alicyclic amines) is 2. The van der Waals surface area contributed by atoms with E-state index >= 15 is 0 Å². The fraction of sp³-hybridized carbons (Fsp3) is 0.554. The number of carbonyl (C=O) groups is 4. The molecule has 15 nitrogen and oxygen atoms in total. The number of piperazine rings is 1. The Labute approximate surface area is 439 Å². The number of aliphatic hydroxyl groups excluding tert-OH is 1. The molecule has 4 aliphatic rings. The van der Waals surface area contributed by atoms with Crippen molar-refractivity contribution in [1.82, 2.24) is 40.6 Å². The van der Waals surface area contributed by atoms with Crippen LogP contribution >= 0.6 is 22.9 Å². The molecule has 6 atom stereocenters. The van der Waals surface area contributed by atoms with Crippen LogP contribution in [0.4, 0.5) is 0 Å². The number of nitrogens with one attached hydrogen (secondary N) is 3. The fourth-order valence-electron chi connectivity index (χ4n) is 12.1. The SMILES string of the molecule is Cc1ncsc1-c1ccc([C@H](C)NC(=O)[C@@H]2C[C@@H](O)CN2C(=O)[C@@H](NC(=O)CN2[C@H]3CC[C@H]2CN(CCCCc2ccc(C(=O)NC4C(C)(C)C(Oc5ccc(C#N)c(Cl)c5)C4(C)C)cn2)C3)C(C)(C)C)cc1. The second-order valence-corrected chi connectivity index (χ2v) is 24.3. The lowest BCUT2D eigenvalue weighted by Gasteiger charge is -2.63. The third-order valence-corrected chi connectivity index (χ3v) is 17.1. The Morgan fingerprint density at radius 2 is 1.66 bits per heavy atom. The lowest BCUT2D eigenvalue weighted by atomic mass is 9.49. The van der Waals surface area contributed by atoms with Gasteiger partial charge in [0.1, 0.15) is 30.0 Å². The second-order valence-electron chi connectivity index (χ2n) is 23.0. The van der Waals surface area contributed by atoms with Crippen molar-refractivity contribution in [2.75, 3.05) is 32.7 Å². The summed E-state index contributed by atoms with van der Waals surface area (Å²) in [5.74, 6) is -0.520. The van der Waals surface area contributed by atoms with E-state index in [1.54, 1.807) is 35.7 Å². The van der Waals surface area contributed by atoms with Gasteiger partial charge in [0.05, 0.1) is 50.9 Å². The van der Waals surface area contributed by atoms with Gasteiger partial charge in [-0.15, -0.1) is 11.3 Å². The van der Waals surface area contributed by atoms with Gasteiger partial charge in [-0.3, -0.25) is 29.1 Å². The van der Waals surface area contributed by atoms with Gasteiger partial charge >= 0.3 is 0 Å². The molecular weight excluding hydrogens is 962 g/mol. The standard InChI is InChI=1S/C56H72ClN9O6S/c1-33(35-13-15-36(16-14-35)47-34(2)60-32-73-47)61-50(70)45-24-42(67)30-66(45)51(71)48(54(3,4)5)62-46(68)31-65-40-20-21-41(65)29-64(28-40)23-11-10-12-39-19-17-38(27-59-39)49(69)63-52-55(6,7)53(56(52,8)9)72-43-22-18-37(26-58)44(57)25-43/h13-19,22,25,27,32-33,40-42,45,48,52-53,67H,10-12,20-21,23-24,28-31H2,1-9H3,(H,61,70)(H,62,68)(H,63,69)/t33-,40-,41-,42+,45-,48+,52?,53?/m0/s1. The van der Waals surface area contributed by atoms with E-state index in [0.717, 1.165) is 79.1 Å². The first-order valence-corrected chi connectivity index (χ1v) is 27.0. The normalized spacial score (nSPS) is 24.2. The number of amides is 4. The van der Waals surface area contributed by atoms with Crippen molar-refractivity contribution in [3.63, 3.8) is 0 Å². The molecule has 4 N–H and O–H groups in total. The number of aryl methyl sites for hydroxylation is 2. The highest BCUT2D eigenvalue weighted by molar-refractivity contribution is 7.13. The topological polar surface area (TPSA) is 193 Å². The second kappa shape index (κ2) is 21.8. The van der Waals surface area contributed by atoms with Gasteiger partial charge in [-0.2, -0.15) is 5.26 Å². The molecule has 3 aliphatic heterocycles. The summed E-state index contributed by atoms with van der Waals surface area (Å²) in [6.07, 6.45) is 5.48. The molecule has 0 spiro atoms. The van der Waals surface area contributed by atoms with Crippen molar-refractivity contribution in [2.24, 2.45) is 16.2 Å². The number of carbonyl (C=O) groups excluding carboxylic acids is 4. The number of halogens is 1. The minimum absolute atomic E-state index is 0.0154. The number of ether oxygens (including phenoxy) is 1. The molecule has 3 saturated heterocycles. The molecule has 0 unspecified atom stereocenters. The first-order valence-electron chi connectivity index (χ1n) is 25.7. The van der Waals surface area contributed by atoms with E-state index in [4.69, 9.17) is 16.3 Å². The van der Waals surface area contributed by atoms with Crippen LogP contribution in [0.3, 0.4) is 0 Å². The molecule has 2 aromatic carbocycles.